The van der Waals surface area contributed by atoms with Crippen LogP contribution in [0, 0.1) is 3.57 Å². The highest BCUT2D eigenvalue weighted by Crippen LogP contribution is 2.27. The number of pyridine rings is 1. The van der Waals surface area contributed by atoms with E-state index in [2.05, 4.69) is 4.98 Å². The summed E-state index contributed by atoms with van der Waals surface area (Å²) >= 11 is 7.47. The summed E-state index contributed by atoms with van der Waals surface area (Å²) in [6.45, 7) is 1.94. The van der Waals surface area contributed by atoms with Gasteiger partial charge in [-0.3, -0.25) is 4.79 Å². The second-order valence-electron chi connectivity index (χ2n) is 3.09. The quantitative estimate of drug-likeness (QED) is 0.460. The van der Waals surface area contributed by atoms with Gasteiger partial charge in [0.25, 0.3) is 6.43 Å². The van der Waals surface area contributed by atoms with Crippen LogP contribution in [0.3, 0.4) is 0 Å². The molecule has 0 aromatic carbocycles. The second kappa shape index (κ2) is 6.44. The van der Waals surface area contributed by atoms with Crippen molar-refractivity contribution in [2.24, 2.45) is 0 Å². The lowest BCUT2D eigenvalue weighted by molar-refractivity contribution is -0.142. The Bertz CT molecular complexity index is 429. The zero-order chi connectivity index (χ0) is 13.0. The summed E-state index contributed by atoms with van der Waals surface area (Å²) < 4.78 is 30.0. The lowest BCUT2D eigenvalue weighted by Gasteiger charge is -2.08. The van der Waals surface area contributed by atoms with E-state index in [0.29, 0.717) is 5.56 Å². The number of esters is 1. The summed E-state index contributed by atoms with van der Waals surface area (Å²) in [5, 5.41) is -0.0891. The van der Waals surface area contributed by atoms with Gasteiger partial charge in [-0.25, -0.2) is 13.8 Å². The molecule has 0 radical (unpaired) electrons. The van der Waals surface area contributed by atoms with E-state index in [9.17, 15) is 13.6 Å². The predicted molar refractivity (Wildman–Crippen MR) is 67.3 cm³/mol. The summed E-state index contributed by atoms with van der Waals surface area (Å²) in [4.78, 5) is 14.8. The fourth-order valence-corrected chi connectivity index (χ4v) is 2.11. The third kappa shape index (κ3) is 4.02. The molecule has 0 bridgehead atoms. The van der Waals surface area contributed by atoms with Gasteiger partial charge in [0.2, 0.25) is 0 Å². The van der Waals surface area contributed by atoms with Crippen LogP contribution in [0.4, 0.5) is 8.78 Å². The zero-order valence-electron chi connectivity index (χ0n) is 8.84. The van der Waals surface area contributed by atoms with Crippen molar-refractivity contribution in [1.82, 2.24) is 4.98 Å². The van der Waals surface area contributed by atoms with E-state index in [1.54, 1.807) is 29.5 Å². The average molecular weight is 376 g/mol. The number of alkyl halides is 2. The van der Waals surface area contributed by atoms with Crippen LogP contribution in [0.15, 0.2) is 6.07 Å². The van der Waals surface area contributed by atoms with E-state index >= 15 is 0 Å². The van der Waals surface area contributed by atoms with Crippen molar-refractivity contribution in [3.8, 4) is 0 Å². The molecule has 0 spiro atoms. The average Bonchev–Trinajstić information content (AvgIpc) is 2.22. The molecule has 0 N–H and O–H groups in total. The lowest BCUT2D eigenvalue weighted by Crippen LogP contribution is -2.09. The number of nitrogens with zero attached hydrogens (tertiary/aromatic N) is 1. The van der Waals surface area contributed by atoms with Crippen molar-refractivity contribution < 1.29 is 18.3 Å². The molecular formula is C10H9ClF2INO2. The van der Waals surface area contributed by atoms with E-state index in [1.807, 2.05) is 0 Å². The van der Waals surface area contributed by atoms with E-state index in [-0.39, 0.29) is 27.4 Å². The lowest BCUT2D eigenvalue weighted by atomic mass is 10.2. The largest absolute Gasteiger partial charge is 0.466 e. The number of rotatable bonds is 4. The molecule has 1 aromatic rings. The van der Waals surface area contributed by atoms with Gasteiger partial charge in [-0.1, -0.05) is 11.6 Å². The van der Waals surface area contributed by atoms with Crippen molar-refractivity contribution in [2.75, 3.05) is 6.61 Å². The normalized spacial score (nSPS) is 10.7. The maximum atomic E-state index is 12.5. The maximum Gasteiger partial charge on any atom is 0.310 e. The molecule has 1 aromatic heterocycles. The highest BCUT2D eigenvalue weighted by atomic mass is 127. The van der Waals surface area contributed by atoms with E-state index in [0.717, 1.165) is 0 Å². The first-order chi connectivity index (χ1) is 7.95. The van der Waals surface area contributed by atoms with Crippen LogP contribution in [0.1, 0.15) is 24.6 Å². The SMILES string of the molecule is CCOC(=O)Cc1cc(I)c(C(F)F)nc1Cl. The standard InChI is InChI=1S/C10H9ClF2INO2/c1-2-17-7(16)4-5-3-6(14)8(10(12)13)15-9(5)11/h3,10H,2,4H2,1H3. The van der Waals surface area contributed by atoms with Crippen LogP contribution in [-0.4, -0.2) is 17.6 Å². The molecule has 0 unspecified atom stereocenters. The number of hydrogen-bond acceptors (Lipinski definition) is 3. The minimum Gasteiger partial charge on any atom is -0.466 e. The molecule has 0 fully saturated rings. The van der Waals surface area contributed by atoms with Gasteiger partial charge in [-0.15, -0.1) is 0 Å². The Morgan fingerprint density at radius 1 is 1.65 bits per heavy atom. The van der Waals surface area contributed by atoms with Gasteiger partial charge in [0.05, 0.1) is 13.0 Å². The summed E-state index contributed by atoms with van der Waals surface area (Å²) in [6.07, 6.45) is -2.75. The number of ether oxygens (including phenoxy) is 1. The fraction of sp³-hybridized carbons (Fsp3) is 0.400. The van der Waals surface area contributed by atoms with Crippen molar-refractivity contribution in [1.29, 1.82) is 0 Å². The first-order valence-corrected chi connectivity index (χ1v) is 6.20. The van der Waals surface area contributed by atoms with Gasteiger partial charge in [-0.2, -0.15) is 0 Å². The Kier molecular flexibility index (Phi) is 5.51. The highest BCUT2D eigenvalue weighted by molar-refractivity contribution is 14.1. The molecule has 0 aliphatic carbocycles. The van der Waals surface area contributed by atoms with Crippen LogP contribution in [0.25, 0.3) is 0 Å². The molecule has 0 saturated carbocycles. The van der Waals surface area contributed by atoms with E-state index < -0.39 is 12.4 Å². The smallest absolute Gasteiger partial charge is 0.310 e. The molecule has 0 aliphatic heterocycles. The van der Waals surface area contributed by atoms with Gasteiger partial charge >= 0.3 is 5.97 Å². The van der Waals surface area contributed by atoms with Gasteiger partial charge in [0.15, 0.2) is 0 Å². The molecule has 7 heteroatoms. The second-order valence-corrected chi connectivity index (χ2v) is 4.61. The molecule has 1 heterocycles. The minimum atomic E-state index is -2.68. The fourth-order valence-electron chi connectivity index (χ4n) is 1.16. The number of carbonyl (C=O) groups is 1. The Labute approximate surface area is 116 Å². The van der Waals surface area contributed by atoms with Crippen LogP contribution in [0.5, 0.6) is 0 Å². The molecular weight excluding hydrogens is 366 g/mol. The first kappa shape index (κ1) is 14.6. The Hall–Kier alpha value is -0.500. The molecule has 0 amide bonds. The van der Waals surface area contributed by atoms with E-state index in [1.165, 1.54) is 6.07 Å². The number of hydrogen-bond donors (Lipinski definition) is 0. The van der Waals surface area contributed by atoms with Gasteiger partial charge < -0.3 is 4.74 Å². The van der Waals surface area contributed by atoms with Crippen molar-refractivity contribution >= 4 is 40.2 Å². The molecule has 0 saturated heterocycles. The van der Waals surface area contributed by atoms with Crippen molar-refractivity contribution in [3.05, 3.63) is 26.0 Å². The summed E-state index contributed by atoms with van der Waals surface area (Å²) in [7, 11) is 0. The summed E-state index contributed by atoms with van der Waals surface area (Å²) in [5.74, 6) is -0.461. The molecule has 17 heavy (non-hydrogen) atoms. The molecule has 94 valence electrons. The van der Waals surface area contributed by atoms with E-state index in [4.69, 9.17) is 16.3 Å². The van der Waals surface area contributed by atoms with Crippen LogP contribution >= 0.6 is 34.2 Å². The molecule has 3 nitrogen and oxygen atoms in total. The van der Waals surface area contributed by atoms with Crippen LogP contribution < -0.4 is 0 Å². The minimum absolute atomic E-state index is 0.0702. The van der Waals surface area contributed by atoms with Gasteiger partial charge in [0.1, 0.15) is 10.8 Å². The Morgan fingerprint density at radius 2 is 2.29 bits per heavy atom. The topological polar surface area (TPSA) is 39.2 Å². The first-order valence-electron chi connectivity index (χ1n) is 4.74. The Balaban J connectivity index is 2.95. The number of carbonyl (C=O) groups excluding carboxylic acids is 1. The third-order valence-electron chi connectivity index (χ3n) is 1.88. The summed E-state index contributed by atoms with van der Waals surface area (Å²) in [6, 6.07) is 1.42. The van der Waals surface area contributed by atoms with Crippen molar-refractivity contribution in [3.63, 3.8) is 0 Å². The number of halogens is 4. The van der Waals surface area contributed by atoms with Crippen LogP contribution in [0.2, 0.25) is 5.15 Å². The zero-order valence-corrected chi connectivity index (χ0v) is 11.8. The predicted octanol–water partition coefficient (Wildman–Crippen LogP) is 3.38. The van der Waals surface area contributed by atoms with Gasteiger partial charge in [0, 0.05) is 9.13 Å². The molecule has 0 aliphatic rings. The molecule has 1 rings (SSSR count). The van der Waals surface area contributed by atoms with Crippen molar-refractivity contribution in [2.45, 2.75) is 19.8 Å². The number of aromatic nitrogens is 1. The summed E-state index contributed by atoms with van der Waals surface area (Å²) in [5.41, 5.74) is 0.0159. The molecule has 0 atom stereocenters. The Morgan fingerprint density at radius 3 is 2.82 bits per heavy atom. The van der Waals surface area contributed by atoms with Gasteiger partial charge in [-0.05, 0) is 35.6 Å². The third-order valence-corrected chi connectivity index (χ3v) is 3.07. The highest BCUT2D eigenvalue weighted by Gasteiger charge is 2.18. The monoisotopic (exact) mass is 375 g/mol. The van der Waals surface area contributed by atoms with Crippen LogP contribution in [-0.2, 0) is 16.0 Å². The maximum absolute atomic E-state index is 12.5.